The summed E-state index contributed by atoms with van der Waals surface area (Å²) in [6.45, 7) is 1.90. The Morgan fingerprint density at radius 2 is 1.64 bits per heavy atom. The number of hydrogen-bond acceptors (Lipinski definition) is 5. The highest BCUT2D eigenvalue weighted by molar-refractivity contribution is 5.80. The van der Waals surface area contributed by atoms with Crippen LogP contribution >= 0.6 is 0 Å². The maximum Gasteiger partial charge on any atom is 0.304 e. The molecule has 28 heavy (non-hydrogen) atoms. The highest BCUT2D eigenvalue weighted by Gasteiger charge is 2.10. The van der Waals surface area contributed by atoms with Crippen molar-refractivity contribution in [3.63, 3.8) is 0 Å². The minimum absolute atomic E-state index is 0.0556. The van der Waals surface area contributed by atoms with E-state index in [1.54, 1.807) is 40.1 Å². The third-order valence-electron chi connectivity index (χ3n) is 4.19. The highest BCUT2D eigenvalue weighted by atomic mass is 16.6. The van der Waals surface area contributed by atoms with Crippen LogP contribution < -0.4 is 9.58 Å². The number of nitrogens with zero attached hydrogens (tertiary/aromatic N) is 6. The molecule has 3 aromatic rings. The van der Waals surface area contributed by atoms with Crippen LogP contribution in [0.3, 0.4) is 0 Å². The van der Waals surface area contributed by atoms with Crippen molar-refractivity contribution in [2.45, 2.75) is 6.92 Å². The molecule has 0 amide bonds. The molecule has 0 atom stereocenters. The molecule has 0 unspecified atom stereocenters. The van der Waals surface area contributed by atoms with E-state index in [-0.39, 0.29) is 5.69 Å². The molecule has 0 aliphatic heterocycles. The van der Waals surface area contributed by atoms with Crippen molar-refractivity contribution >= 4 is 23.8 Å². The lowest BCUT2D eigenvalue weighted by molar-refractivity contribution is -0.684. The molecule has 0 spiro atoms. The van der Waals surface area contributed by atoms with Crippen LogP contribution in [0.2, 0.25) is 0 Å². The molecule has 8 nitrogen and oxygen atoms in total. The quantitative estimate of drug-likeness (QED) is 0.287. The van der Waals surface area contributed by atoms with Crippen LogP contribution in [0.1, 0.15) is 17.0 Å². The monoisotopic (exact) mass is 377 g/mol. The number of hydrogen-bond donors (Lipinski definition) is 0. The van der Waals surface area contributed by atoms with Crippen molar-refractivity contribution in [3.8, 4) is 0 Å². The molecular weight excluding hydrogens is 356 g/mol. The number of nitro groups is 1. The Kier molecular flexibility index (Phi) is 5.59. The molecule has 8 heteroatoms. The van der Waals surface area contributed by atoms with Crippen molar-refractivity contribution < 1.29 is 9.60 Å². The minimum Gasteiger partial charge on any atom is -0.378 e. The number of non-ortho nitro benzene ring substituents is 1. The fourth-order valence-corrected chi connectivity index (χ4v) is 2.49. The lowest BCUT2D eigenvalue weighted by atomic mass is 10.2. The molecular formula is C20H21N6O2+. The van der Waals surface area contributed by atoms with E-state index in [9.17, 15) is 10.1 Å². The van der Waals surface area contributed by atoms with Crippen LogP contribution in [0, 0.1) is 17.0 Å². The molecule has 142 valence electrons. The van der Waals surface area contributed by atoms with Crippen LogP contribution in [-0.4, -0.2) is 36.1 Å². The first-order valence-electron chi connectivity index (χ1n) is 8.64. The first-order valence-corrected chi connectivity index (χ1v) is 8.64. The molecule has 2 aromatic carbocycles. The van der Waals surface area contributed by atoms with Gasteiger partial charge in [0.05, 0.1) is 17.4 Å². The van der Waals surface area contributed by atoms with Crippen LogP contribution in [0.25, 0.3) is 0 Å². The third-order valence-corrected chi connectivity index (χ3v) is 4.19. The maximum absolute atomic E-state index is 10.7. The van der Waals surface area contributed by atoms with Gasteiger partial charge >= 0.3 is 5.82 Å². The van der Waals surface area contributed by atoms with Gasteiger partial charge in [0.2, 0.25) is 0 Å². The topological polar surface area (TPSA) is 79.9 Å². The number of rotatable bonds is 6. The summed E-state index contributed by atoms with van der Waals surface area (Å²) in [5.74, 6) is 0.819. The summed E-state index contributed by atoms with van der Waals surface area (Å²) >= 11 is 0. The summed E-state index contributed by atoms with van der Waals surface area (Å²) in [5, 5.41) is 19.5. The van der Waals surface area contributed by atoms with Crippen LogP contribution in [0.15, 0.2) is 71.1 Å². The van der Waals surface area contributed by atoms with Crippen molar-refractivity contribution in [2.75, 3.05) is 19.0 Å². The van der Waals surface area contributed by atoms with Crippen LogP contribution in [0.4, 0.5) is 11.4 Å². The van der Waals surface area contributed by atoms with E-state index in [1.165, 1.54) is 12.1 Å². The Bertz CT molecular complexity index is 1020. The van der Waals surface area contributed by atoms with Crippen molar-refractivity contribution in [3.05, 3.63) is 88.0 Å². The van der Waals surface area contributed by atoms with Gasteiger partial charge in [-0.05, 0) is 35.4 Å². The molecule has 0 radical (unpaired) electrons. The summed E-state index contributed by atoms with van der Waals surface area (Å²) in [4.78, 5) is 12.3. The van der Waals surface area contributed by atoms with Gasteiger partial charge in [0.15, 0.2) is 12.4 Å². The Hall–Kier alpha value is -3.81. The average Bonchev–Trinajstić information content (AvgIpc) is 3.05. The van der Waals surface area contributed by atoms with E-state index in [0.29, 0.717) is 0 Å². The van der Waals surface area contributed by atoms with E-state index in [2.05, 4.69) is 10.2 Å². The number of nitro benzene ring substituents is 1. The summed E-state index contributed by atoms with van der Waals surface area (Å²) in [7, 11) is 4.00. The predicted molar refractivity (Wildman–Crippen MR) is 109 cm³/mol. The standard InChI is InChI=1S/C20H21N6O2/c1-16-24(21-14-17-4-8-19(9-5-17)23(2)3)12-13-25(16)22-15-18-6-10-20(11-7-18)26(27)28/h4-15H,1-3H3/q+1/b21-14-,22-15-. The average molecular weight is 377 g/mol. The van der Waals surface area contributed by atoms with Gasteiger partial charge in [-0.3, -0.25) is 10.1 Å². The largest absolute Gasteiger partial charge is 0.378 e. The normalized spacial score (nSPS) is 11.4. The molecule has 1 aromatic heterocycles. The molecule has 0 aliphatic carbocycles. The molecule has 3 rings (SSSR count). The summed E-state index contributed by atoms with van der Waals surface area (Å²) < 4.78 is 3.42. The van der Waals surface area contributed by atoms with Gasteiger partial charge in [-0.1, -0.05) is 22.3 Å². The Morgan fingerprint density at radius 3 is 2.25 bits per heavy atom. The first-order chi connectivity index (χ1) is 13.4. The Labute approximate surface area is 162 Å². The Balaban J connectivity index is 1.71. The van der Waals surface area contributed by atoms with E-state index >= 15 is 0 Å². The number of anilines is 1. The molecule has 0 saturated carbocycles. The van der Waals surface area contributed by atoms with Gasteiger partial charge in [0, 0.05) is 38.8 Å². The molecule has 1 heterocycles. The number of benzene rings is 2. The second kappa shape index (κ2) is 8.26. The zero-order valence-electron chi connectivity index (χ0n) is 15.9. The summed E-state index contributed by atoms with van der Waals surface area (Å²) in [6, 6.07) is 14.3. The smallest absolute Gasteiger partial charge is 0.304 e. The van der Waals surface area contributed by atoms with Crippen molar-refractivity contribution in [1.29, 1.82) is 0 Å². The second-order valence-electron chi connectivity index (χ2n) is 6.36. The molecule has 0 bridgehead atoms. The third kappa shape index (κ3) is 4.47. The van der Waals surface area contributed by atoms with E-state index in [0.717, 1.165) is 22.6 Å². The number of aromatic nitrogens is 2. The van der Waals surface area contributed by atoms with Crippen molar-refractivity contribution in [1.82, 2.24) is 4.68 Å². The second-order valence-corrected chi connectivity index (χ2v) is 6.36. The fraction of sp³-hybridized carbons (Fsp3) is 0.150. The molecule has 0 aliphatic rings. The van der Waals surface area contributed by atoms with E-state index in [1.807, 2.05) is 56.4 Å². The number of imidazole rings is 1. The van der Waals surface area contributed by atoms with Crippen LogP contribution in [-0.2, 0) is 0 Å². The van der Waals surface area contributed by atoms with E-state index < -0.39 is 4.92 Å². The van der Waals surface area contributed by atoms with Gasteiger partial charge in [-0.25, -0.2) is 0 Å². The zero-order valence-corrected chi connectivity index (χ0v) is 15.9. The van der Waals surface area contributed by atoms with E-state index in [4.69, 9.17) is 0 Å². The lowest BCUT2D eigenvalue weighted by Gasteiger charge is -2.11. The van der Waals surface area contributed by atoms with Crippen molar-refractivity contribution in [2.24, 2.45) is 10.2 Å². The molecule has 0 fully saturated rings. The zero-order chi connectivity index (χ0) is 20.1. The van der Waals surface area contributed by atoms with Gasteiger partial charge in [0.1, 0.15) is 0 Å². The van der Waals surface area contributed by atoms with Gasteiger partial charge in [-0.2, -0.15) is 0 Å². The van der Waals surface area contributed by atoms with Gasteiger partial charge in [-0.15, -0.1) is 9.35 Å². The Morgan fingerprint density at radius 1 is 1.04 bits per heavy atom. The van der Waals surface area contributed by atoms with Crippen LogP contribution in [0.5, 0.6) is 0 Å². The lowest BCUT2D eigenvalue weighted by Crippen LogP contribution is -2.29. The minimum atomic E-state index is -0.425. The summed E-state index contributed by atoms with van der Waals surface area (Å²) in [5.41, 5.74) is 2.96. The maximum atomic E-state index is 10.7. The molecule has 0 saturated heterocycles. The first kappa shape index (κ1) is 19.0. The molecule has 0 N–H and O–H groups in total. The van der Waals surface area contributed by atoms with Gasteiger partial charge in [0.25, 0.3) is 5.69 Å². The predicted octanol–water partition coefficient (Wildman–Crippen LogP) is 2.82. The summed E-state index contributed by atoms with van der Waals surface area (Å²) in [6.07, 6.45) is 7.04. The van der Waals surface area contributed by atoms with Gasteiger partial charge < -0.3 is 4.90 Å². The highest BCUT2D eigenvalue weighted by Crippen LogP contribution is 2.11. The fourth-order valence-electron chi connectivity index (χ4n) is 2.49. The SMILES string of the molecule is Cc1n(/N=C\c2ccc(N(C)C)cc2)cc[n+]1/N=C\c1ccc([N+](=O)[O-])cc1.